The van der Waals surface area contributed by atoms with Crippen molar-refractivity contribution in [3.63, 3.8) is 0 Å². The number of aliphatic imine (C=N–C) groups is 1. The highest BCUT2D eigenvalue weighted by atomic mass is 32.2. The minimum atomic E-state index is -0.145. The summed E-state index contributed by atoms with van der Waals surface area (Å²) in [6.45, 7) is 1.19. The van der Waals surface area contributed by atoms with E-state index in [1.807, 2.05) is 6.07 Å². The van der Waals surface area contributed by atoms with Crippen LogP contribution in [0.5, 0.6) is 0 Å². The Morgan fingerprint density at radius 2 is 2.47 bits per heavy atom. The molecular formula is C11H14N6OS. The van der Waals surface area contributed by atoms with Crippen LogP contribution in [0, 0.1) is 0 Å². The maximum atomic E-state index is 12.1. The number of carbonyl (C=O) groups is 1. The van der Waals surface area contributed by atoms with Gasteiger partial charge in [-0.3, -0.25) is 9.80 Å². The molecule has 0 radical (unpaired) electrons. The molecule has 5 N–H and O–H groups in total. The van der Waals surface area contributed by atoms with Crippen molar-refractivity contribution in [2.24, 2.45) is 10.8 Å². The lowest BCUT2D eigenvalue weighted by Crippen LogP contribution is -2.41. The minimum absolute atomic E-state index is 0.145. The van der Waals surface area contributed by atoms with Crippen LogP contribution in [0.3, 0.4) is 0 Å². The van der Waals surface area contributed by atoms with Crippen LogP contribution in [0.1, 0.15) is 5.56 Å². The van der Waals surface area contributed by atoms with Gasteiger partial charge in [0.25, 0.3) is 5.91 Å². The maximum absolute atomic E-state index is 12.1. The number of nitrogens with two attached hydrogens (primary N) is 1. The number of amidine groups is 1. The lowest BCUT2D eigenvalue weighted by Gasteiger charge is -2.23. The summed E-state index contributed by atoms with van der Waals surface area (Å²) < 4.78 is 0. The Balaban J connectivity index is 1.77. The molecule has 2 aliphatic heterocycles. The van der Waals surface area contributed by atoms with E-state index >= 15 is 0 Å². The first kappa shape index (κ1) is 12.1. The van der Waals surface area contributed by atoms with E-state index in [1.54, 1.807) is 12.4 Å². The Kier molecular flexibility index (Phi) is 3.18. The zero-order valence-electron chi connectivity index (χ0n) is 10.1. The zero-order chi connectivity index (χ0) is 13.2. The minimum Gasteiger partial charge on any atom is -0.389 e. The molecule has 2 aliphatic rings. The molecule has 1 aromatic rings. The van der Waals surface area contributed by atoms with Crippen LogP contribution in [0.4, 0.5) is 5.82 Å². The molecule has 0 atom stereocenters. The molecule has 0 aliphatic carbocycles. The second-order valence-corrected chi connectivity index (χ2v) is 5.26. The lowest BCUT2D eigenvalue weighted by atomic mass is 10.2. The van der Waals surface area contributed by atoms with Crippen molar-refractivity contribution in [2.75, 3.05) is 24.0 Å². The average Bonchev–Trinajstić information content (AvgIpc) is 2.93. The summed E-state index contributed by atoms with van der Waals surface area (Å²) in [4.78, 5) is 20.1. The van der Waals surface area contributed by atoms with Crippen molar-refractivity contribution in [1.82, 2.24) is 15.6 Å². The Hall–Kier alpha value is -1.93. The fourth-order valence-electron chi connectivity index (χ4n) is 1.93. The number of hydrogen-bond donors (Lipinski definition) is 4. The van der Waals surface area contributed by atoms with E-state index in [2.05, 4.69) is 20.6 Å². The zero-order valence-corrected chi connectivity index (χ0v) is 11.0. The van der Waals surface area contributed by atoms with Gasteiger partial charge in [0.1, 0.15) is 18.3 Å². The fourth-order valence-corrected chi connectivity index (χ4v) is 2.71. The van der Waals surface area contributed by atoms with Crippen molar-refractivity contribution < 1.29 is 4.79 Å². The normalized spacial score (nSPS) is 18.1. The molecular weight excluding hydrogens is 264 g/mol. The number of hydrazine groups is 1. The first-order valence-corrected chi connectivity index (χ1v) is 6.86. The molecule has 0 saturated carbocycles. The van der Waals surface area contributed by atoms with E-state index in [4.69, 9.17) is 5.84 Å². The van der Waals surface area contributed by atoms with E-state index in [1.165, 1.54) is 16.8 Å². The van der Waals surface area contributed by atoms with E-state index in [0.717, 1.165) is 23.7 Å². The van der Waals surface area contributed by atoms with Crippen molar-refractivity contribution in [3.8, 4) is 0 Å². The highest BCUT2D eigenvalue weighted by molar-refractivity contribution is 8.04. The Morgan fingerprint density at radius 3 is 3.26 bits per heavy atom. The third-order valence-corrected chi connectivity index (χ3v) is 3.86. The van der Waals surface area contributed by atoms with Crippen LogP contribution < -0.4 is 21.5 Å². The van der Waals surface area contributed by atoms with Crippen LogP contribution in [0.15, 0.2) is 28.4 Å². The van der Waals surface area contributed by atoms with Crippen LogP contribution in [0.25, 0.3) is 0 Å². The van der Waals surface area contributed by atoms with Gasteiger partial charge < -0.3 is 15.6 Å². The first-order chi connectivity index (χ1) is 9.25. The number of anilines is 1. The first-order valence-electron chi connectivity index (χ1n) is 5.88. The average molecular weight is 278 g/mol. The van der Waals surface area contributed by atoms with E-state index in [-0.39, 0.29) is 5.91 Å². The Bertz CT molecular complexity index is 563. The smallest absolute Gasteiger partial charge is 0.264 e. The van der Waals surface area contributed by atoms with Crippen LogP contribution >= 0.6 is 11.8 Å². The second-order valence-electron chi connectivity index (χ2n) is 4.12. The van der Waals surface area contributed by atoms with Gasteiger partial charge in [0.2, 0.25) is 0 Å². The van der Waals surface area contributed by atoms with Gasteiger partial charge in [-0.1, -0.05) is 0 Å². The molecule has 8 heteroatoms. The van der Waals surface area contributed by atoms with Gasteiger partial charge in [0.15, 0.2) is 0 Å². The highest BCUT2D eigenvalue weighted by Gasteiger charge is 2.22. The number of thioether (sulfide) groups is 1. The third kappa shape index (κ3) is 2.32. The summed E-state index contributed by atoms with van der Waals surface area (Å²) in [5.41, 5.74) is 0.802. The summed E-state index contributed by atoms with van der Waals surface area (Å²) in [5.74, 6) is 7.83. The number of hydrogen-bond acceptors (Lipinski definition) is 6. The lowest BCUT2D eigenvalue weighted by molar-refractivity contribution is -0.115. The molecule has 1 amide bonds. The van der Waals surface area contributed by atoms with Gasteiger partial charge in [0.05, 0.1) is 10.5 Å². The molecule has 3 rings (SSSR count). The van der Waals surface area contributed by atoms with Gasteiger partial charge in [0, 0.05) is 24.7 Å². The van der Waals surface area contributed by atoms with Crippen LogP contribution in [-0.2, 0) is 4.79 Å². The monoisotopic (exact) mass is 278 g/mol. The predicted octanol–water partition coefficient (Wildman–Crippen LogP) is -0.293. The molecule has 0 bridgehead atoms. The largest absolute Gasteiger partial charge is 0.389 e. The summed E-state index contributed by atoms with van der Waals surface area (Å²) in [7, 11) is 0. The molecule has 3 heterocycles. The standard InChI is InChI=1S/C11H14N6OS/c12-17-6-15-9(7-1-2-14-10(7)17)16-11(18)8-5-13-3-4-19-8/h1-2,5,13-14H,3-4,6,12H2,(H,15,16,18). The molecule has 7 nitrogen and oxygen atoms in total. The Morgan fingerprint density at radius 1 is 1.58 bits per heavy atom. The quantitative estimate of drug-likeness (QED) is 0.529. The molecule has 100 valence electrons. The number of amides is 1. The van der Waals surface area contributed by atoms with Crippen LogP contribution in [0.2, 0.25) is 0 Å². The summed E-state index contributed by atoms with van der Waals surface area (Å²) in [6, 6.07) is 1.84. The van der Waals surface area contributed by atoms with Gasteiger partial charge in [-0.2, -0.15) is 0 Å². The Labute approximate surface area is 114 Å². The second kappa shape index (κ2) is 4.98. The number of nitrogens with one attached hydrogen (secondary N) is 3. The van der Waals surface area contributed by atoms with Gasteiger partial charge in [-0.15, -0.1) is 11.8 Å². The number of carbonyl (C=O) groups excluding carboxylic acids is 1. The van der Waals surface area contributed by atoms with E-state index < -0.39 is 0 Å². The number of nitrogens with zero attached hydrogens (tertiary/aromatic N) is 2. The molecule has 0 aromatic carbocycles. The van der Waals surface area contributed by atoms with Crippen molar-refractivity contribution in [1.29, 1.82) is 0 Å². The number of H-pyrrole nitrogens is 1. The van der Waals surface area contributed by atoms with Crippen molar-refractivity contribution in [2.45, 2.75) is 0 Å². The van der Waals surface area contributed by atoms with Gasteiger partial charge in [-0.25, -0.2) is 10.8 Å². The maximum Gasteiger partial charge on any atom is 0.264 e. The summed E-state index contributed by atoms with van der Waals surface area (Å²) >= 11 is 1.53. The highest BCUT2D eigenvalue weighted by Crippen LogP contribution is 2.21. The predicted molar refractivity (Wildman–Crippen MR) is 75.5 cm³/mol. The molecule has 1 aromatic heterocycles. The molecule has 0 saturated heterocycles. The molecule has 0 unspecified atom stereocenters. The fraction of sp³-hybridized carbons (Fsp3) is 0.273. The molecule has 0 fully saturated rings. The van der Waals surface area contributed by atoms with Crippen molar-refractivity contribution >= 4 is 29.3 Å². The van der Waals surface area contributed by atoms with E-state index in [0.29, 0.717) is 17.4 Å². The van der Waals surface area contributed by atoms with Gasteiger partial charge >= 0.3 is 0 Å². The summed E-state index contributed by atoms with van der Waals surface area (Å²) in [5, 5.41) is 7.39. The SMILES string of the molecule is NN1CN=C(NC(=O)C2=CNCCS2)c2cc[nH]c21. The third-order valence-electron chi connectivity index (χ3n) is 2.84. The van der Waals surface area contributed by atoms with Gasteiger partial charge in [-0.05, 0) is 6.07 Å². The van der Waals surface area contributed by atoms with Crippen molar-refractivity contribution in [3.05, 3.63) is 28.9 Å². The number of aromatic amines is 1. The van der Waals surface area contributed by atoms with Crippen LogP contribution in [-0.4, -0.2) is 35.7 Å². The topological polar surface area (TPSA) is 98.5 Å². The molecule has 0 spiro atoms. The number of fused-ring (bicyclic) bond motifs is 1. The summed E-state index contributed by atoms with van der Waals surface area (Å²) in [6.07, 6.45) is 3.51. The number of rotatable bonds is 1. The molecule has 19 heavy (non-hydrogen) atoms. The van der Waals surface area contributed by atoms with E-state index in [9.17, 15) is 4.79 Å². The number of aromatic nitrogens is 1.